The number of thiazole rings is 1. The molecule has 0 fully saturated rings. The maximum atomic E-state index is 5.73. The van der Waals surface area contributed by atoms with E-state index in [1.807, 2.05) is 76.8 Å². The molecule has 0 atom stereocenters. The van der Waals surface area contributed by atoms with E-state index < -0.39 is 0 Å². The quantitative estimate of drug-likeness (QED) is 0.219. The van der Waals surface area contributed by atoms with E-state index in [0.29, 0.717) is 28.1 Å². The number of nitrogens with zero attached hydrogens (tertiary/aromatic N) is 3. The Morgan fingerprint density at radius 1 is 0.605 bits per heavy atom. The third-order valence-corrected chi connectivity index (χ3v) is 6.95. The van der Waals surface area contributed by atoms with Gasteiger partial charge < -0.3 is 23.7 Å². The third kappa shape index (κ3) is 4.76. The van der Waals surface area contributed by atoms with Gasteiger partial charge in [-0.1, -0.05) is 0 Å². The fourth-order valence-corrected chi connectivity index (χ4v) is 4.92. The second-order valence-electron chi connectivity index (χ2n) is 8.20. The summed E-state index contributed by atoms with van der Waals surface area (Å²) in [6, 6.07) is 21.2. The normalized spacial score (nSPS) is 10.8. The highest BCUT2D eigenvalue weighted by atomic mass is 32.1. The van der Waals surface area contributed by atoms with E-state index in [1.54, 1.807) is 35.5 Å². The summed E-state index contributed by atoms with van der Waals surface area (Å²) >= 11 is 1.50. The Hall–Kier alpha value is -4.50. The lowest BCUT2D eigenvalue weighted by Gasteiger charge is -2.11. The molecule has 8 nitrogen and oxygen atoms in total. The van der Waals surface area contributed by atoms with Crippen molar-refractivity contribution in [2.24, 2.45) is 0 Å². The molecule has 2 aromatic heterocycles. The highest BCUT2D eigenvalue weighted by molar-refractivity contribution is 7.12. The molecule has 3 aromatic carbocycles. The minimum absolute atomic E-state index is 0.653. The predicted molar refractivity (Wildman–Crippen MR) is 148 cm³/mol. The zero-order valence-electron chi connectivity index (χ0n) is 21.7. The van der Waals surface area contributed by atoms with Gasteiger partial charge in [0.2, 0.25) is 5.13 Å². The van der Waals surface area contributed by atoms with Crippen LogP contribution in [0.15, 0.2) is 72.1 Å². The summed E-state index contributed by atoms with van der Waals surface area (Å²) in [6.45, 7) is 0. The summed E-state index contributed by atoms with van der Waals surface area (Å²) in [5, 5.41) is 7.71. The van der Waals surface area contributed by atoms with E-state index in [4.69, 9.17) is 33.8 Å². The number of ether oxygens (including phenoxy) is 5. The van der Waals surface area contributed by atoms with Crippen LogP contribution in [0.5, 0.6) is 28.7 Å². The minimum Gasteiger partial charge on any atom is -0.497 e. The lowest BCUT2D eigenvalue weighted by Crippen LogP contribution is -2.00. The monoisotopic (exact) mass is 529 g/mol. The molecule has 0 aliphatic rings. The Morgan fingerprint density at radius 2 is 1.18 bits per heavy atom. The number of rotatable bonds is 9. The van der Waals surface area contributed by atoms with Gasteiger partial charge in [-0.3, -0.25) is 0 Å². The maximum Gasteiger partial charge on any atom is 0.211 e. The van der Waals surface area contributed by atoms with Gasteiger partial charge in [0.25, 0.3) is 0 Å². The fraction of sp³-hybridized carbons (Fsp3) is 0.172. The van der Waals surface area contributed by atoms with Crippen LogP contribution in [-0.2, 0) is 0 Å². The van der Waals surface area contributed by atoms with E-state index in [2.05, 4.69) is 0 Å². The Labute approximate surface area is 225 Å². The van der Waals surface area contributed by atoms with E-state index in [0.717, 1.165) is 39.5 Å². The minimum atomic E-state index is 0.653. The van der Waals surface area contributed by atoms with Crippen molar-refractivity contribution >= 4 is 11.3 Å². The van der Waals surface area contributed by atoms with Gasteiger partial charge in [-0.05, 0) is 54.6 Å². The van der Waals surface area contributed by atoms with Crippen LogP contribution >= 0.6 is 11.3 Å². The van der Waals surface area contributed by atoms with Crippen LogP contribution in [0, 0.1) is 0 Å². The standard InChI is InChI=1S/C29H27N3O5S/c1-33-19-8-6-18(7-9-19)25-17-38-29(30-25)32-26(23-13-11-21(35-3)15-28(23)37-5)16-24(31-32)22-12-10-20(34-2)14-27(22)36-4/h6-17H,1-5H3. The van der Waals surface area contributed by atoms with Crippen LogP contribution in [-0.4, -0.2) is 50.3 Å². The van der Waals surface area contributed by atoms with Crippen molar-refractivity contribution in [3.05, 3.63) is 72.1 Å². The lowest BCUT2D eigenvalue weighted by molar-refractivity contribution is 0.395. The number of hydrogen-bond donors (Lipinski definition) is 0. The Balaban J connectivity index is 1.66. The summed E-state index contributed by atoms with van der Waals surface area (Å²) in [7, 11) is 8.17. The van der Waals surface area contributed by atoms with Crippen LogP contribution in [0.2, 0.25) is 0 Å². The van der Waals surface area contributed by atoms with Crippen molar-refractivity contribution < 1.29 is 23.7 Å². The molecule has 0 unspecified atom stereocenters. The molecule has 2 heterocycles. The first-order valence-electron chi connectivity index (χ1n) is 11.7. The van der Waals surface area contributed by atoms with Gasteiger partial charge in [0.1, 0.15) is 28.7 Å². The van der Waals surface area contributed by atoms with E-state index in [1.165, 1.54) is 11.3 Å². The molecule has 0 amide bonds. The first-order valence-corrected chi connectivity index (χ1v) is 12.6. The zero-order chi connectivity index (χ0) is 26.6. The Bertz CT molecular complexity index is 1560. The maximum absolute atomic E-state index is 5.73. The molecule has 5 aromatic rings. The summed E-state index contributed by atoms with van der Waals surface area (Å²) < 4.78 is 29.3. The number of hydrogen-bond acceptors (Lipinski definition) is 8. The van der Waals surface area contributed by atoms with E-state index in [9.17, 15) is 0 Å². The summed E-state index contributed by atoms with van der Waals surface area (Å²) in [4.78, 5) is 4.92. The molecule has 0 saturated carbocycles. The molecule has 0 spiro atoms. The highest BCUT2D eigenvalue weighted by Gasteiger charge is 2.21. The number of aromatic nitrogens is 3. The van der Waals surface area contributed by atoms with Crippen LogP contribution in [0.3, 0.4) is 0 Å². The van der Waals surface area contributed by atoms with E-state index >= 15 is 0 Å². The van der Waals surface area contributed by atoms with Crippen LogP contribution in [0.1, 0.15) is 0 Å². The first-order chi connectivity index (χ1) is 18.6. The Morgan fingerprint density at radius 3 is 1.79 bits per heavy atom. The summed E-state index contributed by atoms with van der Waals surface area (Å²) in [6.07, 6.45) is 0. The molecule has 0 aliphatic carbocycles. The molecule has 0 saturated heterocycles. The molecular weight excluding hydrogens is 502 g/mol. The first kappa shape index (κ1) is 25.2. The summed E-state index contributed by atoms with van der Waals surface area (Å²) in [5.41, 5.74) is 5.04. The van der Waals surface area contributed by atoms with Crippen LogP contribution in [0.4, 0.5) is 0 Å². The SMILES string of the molecule is COc1ccc(-c2csc(-n3nc(-c4ccc(OC)cc4OC)cc3-c3ccc(OC)cc3OC)n2)cc1. The van der Waals surface area contributed by atoms with Gasteiger partial charge in [-0.25, -0.2) is 9.67 Å². The van der Waals surface area contributed by atoms with Crippen molar-refractivity contribution in [2.75, 3.05) is 35.5 Å². The largest absolute Gasteiger partial charge is 0.497 e. The molecule has 194 valence electrons. The van der Waals surface area contributed by atoms with Crippen molar-refractivity contribution in [3.8, 4) is 67.7 Å². The van der Waals surface area contributed by atoms with Crippen molar-refractivity contribution in [2.45, 2.75) is 0 Å². The highest BCUT2D eigenvalue weighted by Crippen LogP contribution is 2.40. The topological polar surface area (TPSA) is 76.9 Å². The smallest absolute Gasteiger partial charge is 0.211 e. The van der Waals surface area contributed by atoms with Crippen molar-refractivity contribution in [1.29, 1.82) is 0 Å². The average Bonchev–Trinajstić information content (AvgIpc) is 3.64. The third-order valence-electron chi connectivity index (χ3n) is 6.14. The lowest BCUT2D eigenvalue weighted by atomic mass is 10.1. The molecule has 0 radical (unpaired) electrons. The van der Waals surface area contributed by atoms with Gasteiger partial charge in [-0.15, -0.1) is 11.3 Å². The van der Waals surface area contributed by atoms with Crippen molar-refractivity contribution in [3.63, 3.8) is 0 Å². The average molecular weight is 530 g/mol. The molecule has 0 N–H and O–H groups in total. The molecular formula is C29H27N3O5S. The van der Waals surface area contributed by atoms with Crippen molar-refractivity contribution in [1.82, 2.24) is 14.8 Å². The molecule has 38 heavy (non-hydrogen) atoms. The molecule has 0 bridgehead atoms. The number of benzene rings is 3. The predicted octanol–water partition coefficient (Wildman–Crippen LogP) is 6.37. The van der Waals surface area contributed by atoms with Gasteiger partial charge in [0.15, 0.2) is 0 Å². The van der Waals surface area contributed by atoms with Gasteiger partial charge >= 0.3 is 0 Å². The Kier molecular flexibility index (Phi) is 7.19. The second-order valence-corrected chi connectivity index (χ2v) is 9.04. The molecule has 5 rings (SSSR count). The van der Waals surface area contributed by atoms with Gasteiger partial charge in [0.05, 0.1) is 52.6 Å². The van der Waals surface area contributed by atoms with Crippen LogP contribution in [0.25, 0.3) is 38.9 Å². The second kappa shape index (κ2) is 10.9. The molecule has 0 aliphatic heterocycles. The zero-order valence-corrected chi connectivity index (χ0v) is 22.5. The van der Waals surface area contributed by atoms with E-state index in [-0.39, 0.29) is 0 Å². The molecule has 9 heteroatoms. The fourth-order valence-electron chi connectivity index (χ4n) is 4.13. The number of methoxy groups -OCH3 is 5. The van der Waals surface area contributed by atoms with Gasteiger partial charge in [-0.2, -0.15) is 5.10 Å². The summed E-state index contributed by atoms with van der Waals surface area (Å²) in [5.74, 6) is 3.50. The van der Waals surface area contributed by atoms with Gasteiger partial charge in [0, 0.05) is 34.2 Å². The van der Waals surface area contributed by atoms with Crippen LogP contribution < -0.4 is 23.7 Å².